The van der Waals surface area contributed by atoms with Crippen LogP contribution in [-0.4, -0.2) is 34.5 Å². The van der Waals surface area contributed by atoms with Crippen LogP contribution < -0.4 is 15.4 Å². The Balaban J connectivity index is 1.46. The number of aryl methyl sites for hydroxylation is 2. The lowest BCUT2D eigenvalue weighted by Crippen LogP contribution is -2.27. The summed E-state index contributed by atoms with van der Waals surface area (Å²) in [6.45, 7) is 4.42. The van der Waals surface area contributed by atoms with Gasteiger partial charge in [-0.15, -0.1) is 11.3 Å². The van der Waals surface area contributed by atoms with Gasteiger partial charge in [0, 0.05) is 23.3 Å². The summed E-state index contributed by atoms with van der Waals surface area (Å²) in [6.07, 6.45) is 1.01. The van der Waals surface area contributed by atoms with Gasteiger partial charge in [-0.05, 0) is 44.0 Å². The highest BCUT2D eigenvalue weighted by molar-refractivity contribution is 7.13. The van der Waals surface area contributed by atoms with Gasteiger partial charge in [0.25, 0.3) is 0 Å². The molecule has 1 amide bonds. The quantitative estimate of drug-likeness (QED) is 0.607. The van der Waals surface area contributed by atoms with Gasteiger partial charge in [0.2, 0.25) is 11.9 Å². The number of nitrogens with one attached hydrogen (secondary N) is 2. The minimum atomic E-state index is -0.0481. The maximum atomic E-state index is 12.1. The monoisotopic (exact) mass is 397 g/mol. The van der Waals surface area contributed by atoms with E-state index in [4.69, 9.17) is 4.74 Å². The number of amides is 1. The Kier molecular flexibility index (Phi) is 6.54. The molecule has 0 unspecified atom stereocenters. The number of carbonyl (C=O) groups is 1. The fraction of sp³-hybridized carbons (Fsp3) is 0.300. The number of carbonyl (C=O) groups excluding carboxylic acids is 1. The van der Waals surface area contributed by atoms with Gasteiger partial charge in [-0.25, -0.2) is 15.0 Å². The van der Waals surface area contributed by atoms with Crippen molar-refractivity contribution in [2.45, 2.75) is 26.7 Å². The Morgan fingerprint density at radius 3 is 2.50 bits per heavy atom. The summed E-state index contributed by atoms with van der Waals surface area (Å²) in [4.78, 5) is 25.3. The van der Waals surface area contributed by atoms with E-state index in [0.717, 1.165) is 34.8 Å². The van der Waals surface area contributed by atoms with Crippen LogP contribution in [0, 0.1) is 13.8 Å². The fourth-order valence-corrected chi connectivity index (χ4v) is 3.39. The van der Waals surface area contributed by atoms with Crippen LogP contribution in [0.25, 0.3) is 0 Å². The molecule has 0 fully saturated rings. The number of hydrogen-bond acceptors (Lipinski definition) is 7. The number of benzene rings is 1. The van der Waals surface area contributed by atoms with Crippen LogP contribution in [0.2, 0.25) is 0 Å². The molecule has 2 heterocycles. The van der Waals surface area contributed by atoms with Gasteiger partial charge in [-0.3, -0.25) is 4.79 Å². The van der Waals surface area contributed by atoms with Crippen LogP contribution in [0.1, 0.15) is 22.6 Å². The van der Waals surface area contributed by atoms with Crippen molar-refractivity contribution in [3.8, 4) is 5.75 Å². The van der Waals surface area contributed by atoms with E-state index in [0.29, 0.717) is 17.6 Å². The van der Waals surface area contributed by atoms with E-state index in [1.807, 2.05) is 49.6 Å². The second-order valence-corrected chi connectivity index (χ2v) is 7.23. The fourth-order valence-electron chi connectivity index (χ4n) is 2.69. The van der Waals surface area contributed by atoms with Crippen molar-refractivity contribution in [3.63, 3.8) is 0 Å². The summed E-state index contributed by atoms with van der Waals surface area (Å²) in [6, 6.07) is 9.74. The number of anilines is 2. The smallest absolute Gasteiger partial charge is 0.229 e. The maximum absolute atomic E-state index is 12.1. The number of nitrogens with zero attached hydrogens (tertiary/aromatic N) is 3. The lowest BCUT2D eigenvalue weighted by atomic mass is 10.1. The molecule has 0 saturated carbocycles. The highest BCUT2D eigenvalue weighted by Crippen LogP contribution is 2.19. The second-order valence-electron chi connectivity index (χ2n) is 6.37. The number of ether oxygens (including phenoxy) is 1. The van der Waals surface area contributed by atoms with Gasteiger partial charge in [0.15, 0.2) is 5.13 Å². The summed E-state index contributed by atoms with van der Waals surface area (Å²) >= 11 is 1.43. The van der Waals surface area contributed by atoms with Gasteiger partial charge in [0.1, 0.15) is 5.75 Å². The number of thiazole rings is 1. The van der Waals surface area contributed by atoms with Crippen LogP contribution in [0.15, 0.2) is 35.7 Å². The first-order valence-corrected chi connectivity index (χ1v) is 9.83. The van der Waals surface area contributed by atoms with Crippen molar-refractivity contribution < 1.29 is 9.53 Å². The van der Waals surface area contributed by atoms with Crippen molar-refractivity contribution in [2.24, 2.45) is 0 Å². The molecule has 0 aliphatic rings. The SMILES string of the molecule is COc1ccc(CCNC(=O)Cc2csc(Nc3nc(C)cc(C)n3)n2)cc1. The van der Waals surface area contributed by atoms with Gasteiger partial charge in [-0.2, -0.15) is 0 Å². The summed E-state index contributed by atoms with van der Waals surface area (Å²) in [5, 5.41) is 8.57. The Morgan fingerprint density at radius 2 is 1.82 bits per heavy atom. The number of methoxy groups -OCH3 is 1. The molecule has 3 rings (SSSR count). The molecule has 7 nitrogen and oxygen atoms in total. The zero-order valence-corrected chi connectivity index (χ0v) is 17.0. The van der Waals surface area contributed by atoms with E-state index in [2.05, 4.69) is 25.6 Å². The van der Waals surface area contributed by atoms with E-state index >= 15 is 0 Å². The molecule has 2 aromatic heterocycles. The molecule has 3 aromatic rings. The molecule has 0 aliphatic heterocycles. The first-order valence-electron chi connectivity index (χ1n) is 8.95. The van der Waals surface area contributed by atoms with Gasteiger partial charge in [0.05, 0.1) is 19.2 Å². The Hall–Kier alpha value is -3.00. The lowest BCUT2D eigenvalue weighted by Gasteiger charge is -2.05. The zero-order chi connectivity index (χ0) is 19.9. The van der Waals surface area contributed by atoms with E-state index in [1.54, 1.807) is 7.11 Å². The van der Waals surface area contributed by atoms with Gasteiger partial charge in [-0.1, -0.05) is 12.1 Å². The van der Waals surface area contributed by atoms with Crippen molar-refractivity contribution >= 4 is 28.3 Å². The Bertz CT molecular complexity index is 920. The minimum Gasteiger partial charge on any atom is -0.497 e. The molecule has 146 valence electrons. The third kappa shape index (κ3) is 5.75. The first kappa shape index (κ1) is 19.8. The molecular weight excluding hydrogens is 374 g/mol. The van der Waals surface area contributed by atoms with E-state index in [9.17, 15) is 4.79 Å². The standard InChI is InChI=1S/C20H23N5O2S/c1-13-10-14(2)23-19(22-13)25-20-24-16(12-28-20)11-18(26)21-9-8-15-4-6-17(27-3)7-5-15/h4-7,10,12H,8-9,11H2,1-3H3,(H,21,26)(H,22,23,24,25). The van der Waals surface area contributed by atoms with Crippen molar-refractivity contribution in [3.05, 3.63) is 58.4 Å². The van der Waals surface area contributed by atoms with E-state index in [-0.39, 0.29) is 12.3 Å². The molecule has 0 atom stereocenters. The number of hydrogen-bond donors (Lipinski definition) is 2. The molecular formula is C20H23N5O2S. The van der Waals surface area contributed by atoms with Crippen LogP contribution >= 0.6 is 11.3 Å². The Labute approximate surface area is 168 Å². The van der Waals surface area contributed by atoms with Crippen molar-refractivity contribution in [1.82, 2.24) is 20.3 Å². The molecule has 0 aliphatic carbocycles. The lowest BCUT2D eigenvalue weighted by molar-refractivity contribution is -0.120. The van der Waals surface area contributed by atoms with Gasteiger partial charge >= 0.3 is 0 Å². The average molecular weight is 398 g/mol. The average Bonchev–Trinajstić information content (AvgIpc) is 3.08. The van der Waals surface area contributed by atoms with Gasteiger partial charge < -0.3 is 15.4 Å². The van der Waals surface area contributed by atoms with Crippen LogP contribution in [0.5, 0.6) is 5.75 Å². The zero-order valence-electron chi connectivity index (χ0n) is 16.2. The molecule has 0 saturated heterocycles. The van der Waals surface area contributed by atoms with Crippen LogP contribution in [0.4, 0.5) is 11.1 Å². The topological polar surface area (TPSA) is 89.0 Å². The summed E-state index contributed by atoms with van der Waals surface area (Å²) in [7, 11) is 1.64. The van der Waals surface area contributed by atoms with Crippen LogP contribution in [-0.2, 0) is 17.6 Å². The molecule has 8 heteroatoms. The predicted molar refractivity (Wildman–Crippen MR) is 110 cm³/mol. The highest BCUT2D eigenvalue weighted by Gasteiger charge is 2.09. The number of aromatic nitrogens is 3. The molecule has 1 aromatic carbocycles. The maximum Gasteiger partial charge on any atom is 0.229 e. The third-order valence-corrected chi connectivity index (χ3v) is 4.80. The molecule has 2 N–H and O–H groups in total. The molecule has 28 heavy (non-hydrogen) atoms. The van der Waals surface area contributed by atoms with Crippen LogP contribution in [0.3, 0.4) is 0 Å². The predicted octanol–water partition coefficient (Wildman–Crippen LogP) is 3.20. The second kappa shape index (κ2) is 9.27. The molecule has 0 bridgehead atoms. The van der Waals surface area contributed by atoms with Crippen molar-refractivity contribution in [1.29, 1.82) is 0 Å². The molecule has 0 spiro atoms. The number of rotatable bonds is 8. The summed E-state index contributed by atoms with van der Waals surface area (Å²) in [5.41, 5.74) is 3.65. The largest absolute Gasteiger partial charge is 0.497 e. The summed E-state index contributed by atoms with van der Waals surface area (Å²) < 4.78 is 5.14. The van der Waals surface area contributed by atoms with E-state index < -0.39 is 0 Å². The van der Waals surface area contributed by atoms with E-state index in [1.165, 1.54) is 11.3 Å². The van der Waals surface area contributed by atoms with Crippen molar-refractivity contribution in [2.75, 3.05) is 19.0 Å². The highest BCUT2D eigenvalue weighted by atomic mass is 32.1. The normalized spacial score (nSPS) is 10.5. The minimum absolute atomic E-state index is 0.0481. The Morgan fingerprint density at radius 1 is 1.11 bits per heavy atom. The molecule has 0 radical (unpaired) electrons. The first-order chi connectivity index (χ1) is 13.5. The third-order valence-electron chi connectivity index (χ3n) is 3.99. The summed E-state index contributed by atoms with van der Waals surface area (Å²) in [5.74, 6) is 1.29.